The highest BCUT2D eigenvalue weighted by Gasteiger charge is 2.20. The van der Waals surface area contributed by atoms with Crippen molar-refractivity contribution < 1.29 is 0 Å². The minimum atomic E-state index is 0.721. The van der Waals surface area contributed by atoms with Gasteiger partial charge in [-0.25, -0.2) is 9.97 Å². The van der Waals surface area contributed by atoms with E-state index in [1.54, 1.807) is 0 Å². The predicted molar refractivity (Wildman–Crippen MR) is 301 cm³/mol. The van der Waals surface area contributed by atoms with Crippen LogP contribution in [0.5, 0.6) is 0 Å². The molecule has 0 atom stereocenters. The Morgan fingerprint density at radius 3 is 1.17 bits per heavy atom. The van der Waals surface area contributed by atoms with Crippen LogP contribution in [0.4, 0.5) is 0 Å². The zero-order chi connectivity index (χ0) is 48.0. The standard InChI is InChI=1S/C67H47N5/c1-42-14-12-16-47(36-42)60-41-59(68-67(69-60)48-17-13-15-43(2)37-48)46-28-26-45(27-29-46)52-33-30-49(38-44(52)3)70-65-34-31-50(71-61-22-8-4-18-53(61)54-19-5-9-23-62(54)71)39-57(65)58-40-51(32-35-66(58)70)72-63-24-10-6-20-55(63)56-21-7-11-25-64(56)72/h4-41H,1-3H3. The number of para-hydroxylation sites is 4. The summed E-state index contributed by atoms with van der Waals surface area (Å²) < 4.78 is 7.29. The second kappa shape index (κ2) is 16.4. The van der Waals surface area contributed by atoms with E-state index in [2.05, 4.69) is 265 Å². The minimum absolute atomic E-state index is 0.721. The average molecular weight is 922 g/mol. The topological polar surface area (TPSA) is 40.6 Å². The summed E-state index contributed by atoms with van der Waals surface area (Å²) in [6, 6.07) is 83.9. The normalized spacial score (nSPS) is 11.8. The van der Waals surface area contributed by atoms with Crippen LogP contribution in [0.3, 0.4) is 0 Å². The maximum atomic E-state index is 5.15. The lowest BCUT2D eigenvalue weighted by atomic mass is 9.97. The number of benzene rings is 10. The van der Waals surface area contributed by atoms with Crippen LogP contribution in [0.2, 0.25) is 0 Å². The van der Waals surface area contributed by atoms with Crippen molar-refractivity contribution in [3.8, 4) is 62.1 Å². The van der Waals surface area contributed by atoms with E-state index in [0.717, 1.165) is 67.6 Å². The van der Waals surface area contributed by atoms with E-state index >= 15 is 0 Å². The molecule has 4 heterocycles. The van der Waals surface area contributed by atoms with E-state index in [0.29, 0.717) is 0 Å². The van der Waals surface area contributed by atoms with Gasteiger partial charge in [0.15, 0.2) is 5.82 Å². The highest BCUT2D eigenvalue weighted by Crippen LogP contribution is 2.41. The lowest BCUT2D eigenvalue weighted by molar-refractivity contribution is 1.15. The third-order valence-electron chi connectivity index (χ3n) is 14.7. The van der Waals surface area contributed by atoms with Crippen molar-refractivity contribution in [1.82, 2.24) is 23.7 Å². The molecule has 0 fully saturated rings. The molecule has 4 aromatic heterocycles. The molecule has 5 nitrogen and oxygen atoms in total. The number of aromatic nitrogens is 5. The molecule has 0 amide bonds. The first-order chi connectivity index (χ1) is 35.4. The number of hydrogen-bond acceptors (Lipinski definition) is 2. The molecule has 72 heavy (non-hydrogen) atoms. The fraction of sp³-hybridized carbons (Fsp3) is 0.0448. The van der Waals surface area contributed by atoms with E-state index in [9.17, 15) is 0 Å². The van der Waals surface area contributed by atoms with Gasteiger partial charge in [0.05, 0.1) is 44.5 Å². The van der Waals surface area contributed by atoms with Gasteiger partial charge in [-0.2, -0.15) is 0 Å². The minimum Gasteiger partial charge on any atom is -0.309 e. The molecule has 0 N–H and O–H groups in total. The van der Waals surface area contributed by atoms with Crippen molar-refractivity contribution in [2.75, 3.05) is 0 Å². The van der Waals surface area contributed by atoms with Gasteiger partial charge in [-0.05, 0) is 128 Å². The molecule has 0 saturated carbocycles. The molecular formula is C67H47N5. The van der Waals surface area contributed by atoms with E-state index < -0.39 is 0 Å². The van der Waals surface area contributed by atoms with E-state index in [1.165, 1.54) is 76.6 Å². The van der Waals surface area contributed by atoms with Crippen molar-refractivity contribution in [3.63, 3.8) is 0 Å². The molecule has 14 rings (SSSR count). The molecule has 14 aromatic rings. The van der Waals surface area contributed by atoms with Crippen LogP contribution in [0.25, 0.3) is 128 Å². The van der Waals surface area contributed by atoms with Crippen LogP contribution in [-0.4, -0.2) is 23.7 Å². The molecular weight excluding hydrogens is 875 g/mol. The molecule has 0 unspecified atom stereocenters. The van der Waals surface area contributed by atoms with Gasteiger partial charge in [0.1, 0.15) is 0 Å². The summed E-state index contributed by atoms with van der Waals surface area (Å²) in [6.07, 6.45) is 0. The largest absolute Gasteiger partial charge is 0.309 e. The predicted octanol–water partition coefficient (Wildman–Crippen LogP) is 17.4. The Labute approximate surface area is 417 Å². The van der Waals surface area contributed by atoms with Crippen LogP contribution in [-0.2, 0) is 0 Å². The molecule has 0 aliphatic carbocycles. The first-order valence-electron chi connectivity index (χ1n) is 24.7. The van der Waals surface area contributed by atoms with Gasteiger partial charge < -0.3 is 13.7 Å². The highest BCUT2D eigenvalue weighted by molar-refractivity contribution is 6.14. The van der Waals surface area contributed by atoms with Gasteiger partial charge in [-0.1, -0.05) is 151 Å². The third kappa shape index (κ3) is 6.69. The van der Waals surface area contributed by atoms with Crippen molar-refractivity contribution >= 4 is 65.4 Å². The summed E-state index contributed by atoms with van der Waals surface area (Å²) in [5, 5.41) is 7.41. The molecule has 5 heteroatoms. The number of hydrogen-bond donors (Lipinski definition) is 0. The zero-order valence-corrected chi connectivity index (χ0v) is 40.2. The summed E-state index contributed by atoms with van der Waals surface area (Å²) >= 11 is 0. The Morgan fingerprint density at radius 2 is 0.681 bits per heavy atom. The molecule has 0 saturated heterocycles. The Hall–Kier alpha value is -9.32. The van der Waals surface area contributed by atoms with Gasteiger partial charge in [0, 0.05) is 66.1 Å². The van der Waals surface area contributed by atoms with Crippen LogP contribution in [0.15, 0.2) is 231 Å². The molecule has 10 aromatic carbocycles. The molecule has 0 aliphatic rings. The summed E-state index contributed by atoms with van der Waals surface area (Å²) in [5.41, 5.74) is 21.4. The molecule has 0 aliphatic heterocycles. The van der Waals surface area contributed by atoms with Gasteiger partial charge in [-0.3, -0.25) is 0 Å². The Kier molecular flexibility index (Phi) is 9.48. The average Bonchev–Trinajstić information content (AvgIpc) is 4.06. The third-order valence-corrected chi connectivity index (χ3v) is 14.7. The van der Waals surface area contributed by atoms with Crippen LogP contribution >= 0.6 is 0 Å². The monoisotopic (exact) mass is 921 g/mol. The van der Waals surface area contributed by atoms with Gasteiger partial charge >= 0.3 is 0 Å². The fourth-order valence-electron chi connectivity index (χ4n) is 11.3. The number of nitrogens with zero attached hydrogens (tertiary/aromatic N) is 5. The smallest absolute Gasteiger partial charge is 0.160 e. The summed E-state index contributed by atoms with van der Waals surface area (Å²) in [5.74, 6) is 0.721. The summed E-state index contributed by atoms with van der Waals surface area (Å²) in [4.78, 5) is 10.2. The lowest BCUT2D eigenvalue weighted by Gasteiger charge is -2.14. The van der Waals surface area contributed by atoms with Crippen LogP contribution in [0, 0.1) is 20.8 Å². The Morgan fingerprint density at radius 1 is 0.278 bits per heavy atom. The second-order valence-electron chi connectivity index (χ2n) is 19.3. The van der Waals surface area contributed by atoms with Gasteiger partial charge in [-0.15, -0.1) is 0 Å². The Bertz CT molecular complexity index is 4150. The van der Waals surface area contributed by atoms with E-state index in [-0.39, 0.29) is 0 Å². The fourth-order valence-corrected chi connectivity index (χ4v) is 11.3. The lowest BCUT2D eigenvalue weighted by Crippen LogP contribution is -1.97. The molecule has 0 radical (unpaired) electrons. The maximum Gasteiger partial charge on any atom is 0.160 e. The van der Waals surface area contributed by atoms with E-state index in [1.807, 2.05) is 0 Å². The Balaban J connectivity index is 0.899. The van der Waals surface area contributed by atoms with Crippen molar-refractivity contribution in [1.29, 1.82) is 0 Å². The quantitative estimate of drug-likeness (QED) is 0.160. The van der Waals surface area contributed by atoms with E-state index in [4.69, 9.17) is 9.97 Å². The SMILES string of the molecule is Cc1cccc(-c2cc(-c3ccc(-c4ccc(-n5c6ccc(-n7c8ccccc8c8ccccc87)cc6c6cc(-n7c8ccccc8c8ccccc87)ccc65)cc4C)cc3)nc(-c3cccc(C)c3)n2)c1. The summed E-state index contributed by atoms with van der Waals surface area (Å²) in [7, 11) is 0. The first kappa shape index (κ1) is 41.6. The van der Waals surface area contributed by atoms with Crippen LogP contribution < -0.4 is 0 Å². The van der Waals surface area contributed by atoms with Crippen molar-refractivity contribution in [2.45, 2.75) is 20.8 Å². The highest BCUT2D eigenvalue weighted by atomic mass is 15.0. The van der Waals surface area contributed by atoms with Gasteiger partial charge in [0.25, 0.3) is 0 Å². The number of fused-ring (bicyclic) bond motifs is 9. The van der Waals surface area contributed by atoms with Crippen molar-refractivity contribution in [3.05, 3.63) is 247 Å². The number of aryl methyl sites for hydroxylation is 3. The zero-order valence-electron chi connectivity index (χ0n) is 40.2. The van der Waals surface area contributed by atoms with Crippen molar-refractivity contribution in [2.24, 2.45) is 0 Å². The molecule has 340 valence electrons. The maximum absolute atomic E-state index is 5.15. The summed E-state index contributed by atoms with van der Waals surface area (Å²) in [6.45, 7) is 6.46. The van der Waals surface area contributed by atoms with Gasteiger partial charge in [0.2, 0.25) is 0 Å². The first-order valence-corrected chi connectivity index (χ1v) is 24.7. The second-order valence-corrected chi connectivity index (χ2v) is 19.3. The number of rotatable bonds is 7. The molecule has 0 bridgehead atoms. The van der Waals surface area contributed by atoms with Crippen LogP contribution in [0.1, 0.15) is 16.7 Å². The molecule has 0 spiro atoms.